The van der Waals surface area contributed by atoms with E-state index in [1.807, 2.05) is 6.07 Å². The van der Waals surface area contributed by atoms with Crippen LogP contribution in [0.2, 0.25) is 0 Å². The summed E-state index contributed by atoms with van der Waals surface area (Å²) in [4.78, 5) is 0. The van der Waals surface area contributed by atoms with E-state index < -0.39 is 0 Å². The Balaban J connectivity index is 2.38. The lowest BCUT2D eigenvalue weighted by Crippen LogP contribution is -2.06. The van der Waals surface area contributed by atoms with Gasteiger partial charge in [-0.1, -0.05) is 19.1 Å². The van der Waals surface area contributed by atoms with Gasteiger partial charge in [0.15, 0.2) is 5.82 Å². The first kappa shape index (κ1) is 12.2. The van der Waals surface area contributed by atoms with Gasteiger partial charge in [-0.05, 0) is 24.6 Å². The summed E-state index contributed by atoms with van der Waals surface area (Å²) < 4.78 is 0. The second-order valence-corrected chi connectivity index (χ2v) is 3.97. The summed E-state index contributed by atoms with van der Waals surface area (Å²) in [6.45, 7) is 2.89. The summed E-state index contributed by atoms with van der Waals surface area (Å²) in [6, 6.07) is 8.81. The van der Waals surface area contributed by atoms with Crippen LogP contribution in [0.4, 0.5) is 11.5 Å². The van der Waals surface area contributed by atoms with Crippen molar-refractivity contribution in [3.05, 3.63) is 30.3 Å². The van der Waals surface area contributed by atoms with E-state index in [0.717, 1.165) is 18.7 Å². The molecule has 0 atom stereocenters. The van der Waals surface area contributed by atoms with E-state index in [1.165, 1.54) is 0 Å². The number of aromatic nitrogens is 2. The standard InChI is InChI=1S/C13H16N4O/c1-2-7-15-11-8-10(16-17-13(11)14)9-5-3-4-6-12(9)18/h3-6,8,18H,2,7H2,1H3,(H2,14,17)(H,15,16). The van der Waals surface area contributed by atoms with Crippen LogP contribution in [0, 0.1) is 0 Å². The molecule has 5 heteroatoms. The molecule has 0 radical (unpaired) electrons. The Kier molecular flexibility index (Phi) is 3.62. The molecule has 4 N–H and O–H groups in total. The van der Waals surface area contributed by atoms with Crippen molar-refractivity contribution >= 4 is 11.5 Å². The molecule has 0 fully saturated rings. The van der Waals surface area contributed by atoms with Gasteiger partial charge >= 0.3 is 0 Å². The molecule has 0 saturated heterocycles. The molecule has 0 amide bonds. The fourth-order valence-corrected chi connectivity index (χ4v) is 1.62. The number of nitrogens with two attached hydrogens (primary N) is 1. The fraction of sp³-hybridized carbons (Fsp3) is 0.231. The number of nitrogens with zero attached hydrogens (tertiary/aromatic N) is 2. The lowest BCUT2D eigenvalue weighted by atomic mass is 10.1. The number of phenolic OH excluding ortho intramolecular Hbond substituents is 1. The second kappa shape index (κ2) is 5.35. The molecular weight excluding hydrogens is 228 g/mol. The smallest absolute Gasteiger partial charge is 0.169 e. The number of hydrogen-bond acceptors (Lipinski definition) is 5. The maximum Gasteiger partial charge on any atom is 0.169 e. The number of anilines is 2. The zero-order chi connectivity index (χ0) is 13.0. The van der Waals surface area contributed by atoms with Gasteiger partial charge in [0.25, 0.3) is 0 Å². The molecule has 0 bridgehead atoms. The largest absolute Gasteiger partial charge is 0.507 e. The van der Waals surface area contributed by atoms with Crippen LogP contribution in [-0.2, 0) is 0 Å². The first-order valence-electron chi connectivity index (χ1n) is 5.87. The minimum atomic E-state index is 0.179. The highest BCUT2D eigenvalue weighted by molar-refractivity contribution is 5.73. The number of rotatable bonds is 4. The van der Waals surface area contributed by atoms with E-state index in [4.69, 9.17) is 5.73 Å². The highest BCUT2D eigenvalue weighted by Crippen LogP contribution is 2.29. The number of para-hydroxylation sites is 1. The molecule has 94 valence electrons. The van der Waals surface area contributed by atoms with E-state index >= 15 is 0 Å². The number of hydrogen-bond donors (Lipinski definition) is 3. The van der Waals surface area contributed by atoms with Gasteiger partial charge in [0.05, 0.1) is 11.4 Å². The van der Waals surface area contributed by atoms with E-state index in [-0.39, 0.29) is 5.75 Å². The predicted molar refractivity (Wildman–Crippen MR) is 72.3 cm³/mol. The second-order valence-electron chi connectivity index (χ2n) is 3.97. The number of aromatic hydroxyl groups is 1. The SMILES string of the molecule is CCCNc1cc(-c2ccccc2O)nnc1N. The van der Waals surface area contributed by atoms with Crippen molar-refractivity contribution in [2.24, 2.45) is 0 Å². The third-order valence-electron chi connectivity index (χ3n) is 2.57. The summed E-state index contributed by atoms with van der Waals surface area (Å²) in [5.74, 6) is 0.542. The molecule has 0 unspecified atom stereocenters. The Bertz CT molecular complexity index is 542. The van der Waals surface area contributed by atoms with Crippen molar-refractivity contribution in [2.45, 2.75) is 13.3 Å². The van der Waals surface area contributed by atoms with Crippen LogP contribution < -0.4 is 11.1 Å². The van der Waals surface area contributed by atoms with Crippen LogP contribution in [-0.4, -0.2) is 21.8 Å². The lowest BCUT2D eigenvalue weighted by molar-refractivity contribution is 0.477. The van der Waals surface area contributed by atoms with E-state index in [0.29, 0.717) is 17.1 Å². The van der Waals surface area contributed by atoms with Gasteiger partial charge in [-0.3, -0.25) is 0 Å². The molecule has 0 aliphatic carbocycles. The van der Waals surface area contributed by atoms with Gasteiger partial charge in [-0.15, -0.1) is 10.2 Å². The first-order chi connectivity index (χ1) is 8.72. The topological polar surface area (TPSA) is 84.1 Å². The van der Waals surface area contributed by atoms with Crippen molar-refractivity contribution in [3.8, 4) is 17.0 Å². The fourth-order valence-electron chi connectivity index (χ4n) is 1.62. The monoisotopic (exact) mass is 244 g/mol. The average molecular weight is 244 g/mol. The average Bonchev–Trinajstić information content (AvgIpc) is 2.39. The molecule has 0 spiro atoms. The van der Waals surface area contributed by atoms with Gasteiger partial charge in [-0.25, -0.2) is 0 Å². The highest BCUT2D eigenvalue weighted by Gasteiger charge is 2.08. The molecule has 0 saturated carbocycles. The van der Waals surface area contributed by atoms with Crippen LogP contribution in [0.5, 0.6) is 5.75 Å². The van der Waals surface area contributed by atoms with Gasteiger partial charge in [0.2, 0.25) is 0 Å². The molecule has 0 aliphatic heterocycles. The van der Waals surface area contributed by atoms with Crippen molar-refractivity contribution in [2.75, 3.05) is 17.6 Å². The molecule has 0 aliphatic rings. The number of benzene rings is 1. The molecule has 2 rings (SSSR count). The molecule has 18 heavy (non-hydrogen) atoms. The third-order valence-corrected chi connectivity index (χ3v) is 2.57. The molecule has 5 nitrogen and oxygen atoms in total. The third kappa shape index (κ3) is 2.51. The summed E-state index contributed by atoms with van der Waals surface area (Å²) in [6.07, 6.45) is 0.994. The van der Waals surface area contributed by atoms with Crippen molar-refractivity contribution < 1.29 is 5.11 Å². The molecule has 1 aromatic carbocycles. The van der Waals surface area contributed by atoms with Crippen molar-refractivity contribution in [3.63, 3.8) is 0 Å². The maximum atomic E-state index is 9.78. The minimum absolute atomic E-state index is 0.179. The van der Waals surface area contributed by atoms with Gasteiger partial charge in [-0.2, -0.15) is 0 Å². The van der Waals surface area contributed by atoms with Gasteiger partial charge in [0.1, 0.15) is 5.75 Å². The van der Waals surface area contributed by atoms with E-state index in [9.17, 15) is 5.11 Å². The zero-order valence-corrected chi connectivity index (χ0v) is 10.2. The zero-order valence-electron chi connectivity index (χ0n) is 10.2. The van der Waals surface area contributed by atoms with Gasteiger partial charge in [0, 0.05) is 12.1 Å². The Labute approximate surface area is 106 Å². The molecule has 2 aromatic rings. The Morgan fingerprint density at radius 3 is 2.78 bits per heavy atom. The Hall–Kier alpha value is -2.30. The molecule has 1 heterocycles. The highest BCUT2D eigenvalue weighted by atomic mass is 16.3. The maximum absolute atomic E-state index is 9.78. The Morgan fingerprint density at radius 2 is 2.06 bits per heavy atom. The van der Waals surface area contributed by atoms with Crippen LogP contribution in [0.15, 0.2) is 30.3 Å². The lowest BCUT2D eigenvalue weighted by Gasteiger charge is -2.09. The molecule has 1 aromatic heterocycles. The van der Waals surface area contributed by atoms with E-state index in [2.05, 4.69) is 22.4 Å². The summed E-state index contributed by atoms with van der Waals surface area (Å²) in [5.41, 5.74) is 7.73. The quantitative estimate of drug-likeness (QED) is 0.768. The summed E-state index contributed by atoms with van der Waals surface area (Å²) in [7, 11) is 0. The summed E-state index contributed by atoms with van der Waals surface area (Å²) in [5, 5.41) is 20.9. The van der Waals surface area contributed by atoms with Crippen LogP contribution in [0.1, 0.15) is 13.3 Å². The van der Waals surface area contributed by atoms with Crippen molar-refractivity contribution in [1.82, 2.24) is 10.2 Å². The summed E-state index contributed by atoms with van der Waals surface area (Å²) >= 11 is 0. The minimum Gasteiger partial charge on any atom is -0.507 e. The first-order valence-corrected chi connectivity index (χ1v) is 5.87. The normalized spacial score (nSPS) is 10.3. The number of phenols is 1. The van der Waals surface area contributed by atoms with Gasteiger partial charge < -0.3 is 16.2 Å². The van der Waals surface area contributed by atoms with Crippen LogP contribution >= 0.6 is 0 Å². The number of nitrogen functional groups attached to an aromatic ring is 1. The van der Waals surface area contributed by atoms with Crippen LogP contribution in [0.3, 0.4) is 0 Å². The van der Waals surface area contributed by atoms with E-state index in [1.54, 1.807) is 24.3 Å². The number of nitrogens with one attached hydrogen (secondary N) is 1. The predicted octanol–water partition coefficient (Wildman–Crippen LogP) is 2.25. The Morgan fingerprint density at radius 1 is 1.28 bits per heavy atom. The molecular formula is C13H16N4O. The van der Waals surface area contributed by atoms with Crippen LogP contribution in [0.25, 0.3) is 11.3 Å². The van der Waals surface area contributed by atoms with Crippen molar-refractivity contribution in [1.29, 1.82) is 0 Å².